The van der Waals surface area contributed by atoms with E-state index in [0.717, 1.165) is 5.92 Å². The molecule has 2 rings (SSSR count). The third-order valence-corrected chi connectivity index (χ3v) is 2.60. The average Bonchev–Trinajstić information content (AvgIpc) is 2.81. The highest BCUT2D eigenvalue weighted by Crippen LogP contribution is 2.39. The molecule has 1 saturated carbocycles. The van der Waals surface area contributed by atoms with Crippen molar-refractivity contribution in [2.75, 3.05) is 0 Å². The van der Waals surface area contributed by atoms with Gasteiger partial charge in [-0.15, -0.1) is 0 Å². The van der Waals surface area contributed by atoms with E-state index in [1.165, 1.54) is 12.5 Å². The summed E-state index contributed by atoms with van der Waals surface area (Å²) in [7, 11) is 0. The van der Waals surface area contributed by atoms with Gasteiger partial charge in [-0.25, -0.2) is 4.39 Å². The fourth-order valence-corrected chi connectivity index (χ4v) is 1.46. The van der Waals surface area contributed by atoms with Gasteiger partial charge in [0.1, 0.15) is 5.82 Å². The number of benzene rings is 1. The molecule has 2 unspecified atom stereocenters. The lowest BCUT2D eigenvalue weighted by molar-refractivity contribution is 0.625. The monoisotopic (exact) mass is 176 g/mol. The number of hydrogen-bond acceptors (Lipinski definition) is 0. The van der Waals surface area contributed by atoms with Gasteiger partial charge in [0, 0.05) is 5.56 Å². The van der Waals surface area contributed by atoms with Crippen molar-refractivity contribution in [2.45, 2.75) is 13.3 Å². The fourth-order valence-electron chi connectivity index (χ4n) is 1.46. The molecule has 1 fully saturated rings. The minimum absolute atomic E-state index is 0.132. The zero-order valence-electron chi connectivity index (χ0n) is 7.70. The van der Waals surface area contributed by atoms with E-state index in [4.69, 9.17) is 0 Å². The molecule has 0 amide bonds. The van der Waals surface area contributed by atoms with Crippen LogP contribution in [-0.4, -0.2) is 0 Å². The molecule has 0 radical (unpaired) electrons. The first-order valence-electron chi connectivity index (χ1n) is 4.70. The Labute approximate surface area is 78.1 Å². The van der Waals surface area contributed by atoms with E-state index in [1.807, 2.05) is 12.1 Å². The maximum atomic E-state index is 13.1. The van der Waals surface area contributed by atoms with Crippen molar-refractivity contribution in [2.24, 2.45) is 11.8 Å². The van der Waals surface area contributed by atoms with Crippen molar-refractivity contribution < 1.29 is 4.39 Å². The fraction of sp³-hybridized carbons (Fsp3) is 0.333. The summed E-state index contributed by atoms with van der Waals surface area (Å²) in [4.78, 5) is 0. The zero-order chi connectivity index (χ0) is 9.26. The minimum Gasteiger partial charge on any atom is -0.206 e. The molecule has 1 heteroatoms. The van der Waals surface area contributed by atoms with Crippen LogP contribution in [0.3, 0.4) is 0 Å². The van der Waals surface area contributed by atoms with Crippen LogP contribution >= 0.6 is 0 Å². The SMILES string of the molecule is CC1CC1/C=C/c1ccccc1F. The van der Waals surface area contributed by atoms with Gasteiger partial charge in [0.25, 0.3) is 0 Å². The van der Waals surface area contributed by atoms with Crippen molar-refractivity contribution in [3.8, 4) is 0 Å². The summed E-state index contributed by atoms with van der Waals surface area (Å²) in [5.41, 5.74) is 0.696. The van der Waals surface area contributed by atoms with E-state index < -0.39 is 0 Å². The Morgan fingerprint density at radius 1 is 1.38 bits per heavy atom. The number of rotatable bonds is 2. The smallest absolute Gasteiger partial charge is 0.130 e. The summed E-state index contributed by atoms with van der Waals surface area (Å²) in [6, 6.07) is 6.88. The van der Waals surface area contributed by atoms with Gasteiger partial charge in [-0.1, -0.05) is 37.3 Å². The lowest BCUT2D eigenvalue weighted by Gasteiger charge is -1.94. The van der Waals surface area contributed by atoms with E-state index in [0.29, 0.717) is 11.5 Å². The van der Waals surface area contributed by atoms with Crippen LogP contribution in [0.2, 0.25) is 0 Å². The van der Waals surface area contributed by atoms with Gasteiger partial charge in [0.05, 0.1) is 0 Å². The number of halogens is 1. The van der Waals surface area contributed by atoms with Crippen LogP contribution in [0.15, 0.2) is 30.3 Å². The van der Waals surface area contributed by atoms with E-state index >= 15 is 0 Å². The predicted octanol–water partition coefficient (Wildman–Crippen LogP) is 3.49. The first kappa shape index (κ1) is 8.49. The van der Waals surface area contributed by atoms with Crippen LogP contribution in [0.4, 0.5) is 4.39 Å². The van der Waals surface area contributed by atoms with Gasteiger partial charge in [0.15, 0.2) is 0 Å². The van der Waals surface area contributed by atoms with Gasteiger partial charge in [-0.2, -0.15) is 0 Å². The molecule has 0 heterocycles. The molecule has 1 aromatic rings. The average molecular weight is 176 g/mol. The minimum atomic E-state index is -0.132. The molecule has 68 valence electrons. The van der Waals surface area contributed by atoms with Gasteiger partial charge < -0.3 is 0 Å². The Morgan fingerprint density at radius 3 is 2.69 bits per heavy atom. The van der Waals surface area contributed by atoms with Crippen molar-refractivity contribution >= 4 is 6.08 Å². The predicted molar refractivity (Wildman–Crippen MR) is 52.7 cm³/mol. The first-order chi connectivity index (χ1) is 6.27. The molecule has 0 aliphatic heterocycles. The van der Waals surface area contributed by atoms with E-state index in [9.17, 15) is 4.39 Å². The molecule has 1 aromatic carbocycles. The Kier molecular flexibility index (Phi) is 2.17. The normalized spacial score (nSPS) is 26.6. The Bertz CT molecular complexity index is 328. The second-order valence-corrected chi connectivity index (χ2v) is 3.76. The van der Waals surface area contributed by atoms with Gasteiger partial charge in [-0.3, -0.25) is 0 Å². The van der Waals surface area contributed by atoms with E-state index in [-0.39, 0.29) is 5.82 Å². The molecule has 0 aromatic heterocycles. The van der Waals surface area contributed by atoms with Crippen molar-refractivity contribution in [1.82, 2.24) is 0 Å². The second kappa shape index (κ2) is 3.33. The molecule has 0 nitrogen and oxygen atoms in total. The summed E-state index contributed by atoms with van der Waals surface area (Å²) in [6.45, 7) is 2.22. The molecule has 1 aliphatic carbocycles. The van der Waals surface area contributed by atoms with E-state index in [2.05, 4.69) is 13.0 Å². The Hall–Kier alpha value is -1.11. The lowest BCUT2D eigenvalue weighted by atomic mass is 10.2. The number of hydrogen-bond donors (Lipinski definition) is 0. The highest BCUT2D eigenvalue weighted by molar-refractivity contribution is 5.50. The maximum absolute atomic E-state index is 13.1. The molecular formula is C12H13F. The van der Waals surface area contributed by atoms with Gasteiger partial charge in [-0.05, 0) is 24.3 Å². The molecule has 2 atom stereocenters. The first-order valence-corrected chi connectivity index (χ1v) is 4.70. The summed E-state index contributed by atoms with van der Waals surface area (Å²) < 4.78 is 13.1. The Balaban J connectivity index is 2.09. The van der Waals surface area contributed by atoms with Crippen LogP contribution in [0, 0.1) is 17.7 Å². The van der Waals surface area contributed by atoms with Gasteiger partial charge >= 0.3 is 0 Å². The van der Waals surface area contributed by atoms with Crippen molar-refractivity contribution in [3.63, 3.8) is 0 Å². The summed E-state index contributed by atoms with van der Waals surface area (Å²) in [5.74, 6) is 1.34. The van der Waals surface area contributed by atoms with Crippen LogP contribution in [-0.2, 0) is 0 Å². The van der Waals surface area contributed by atoms with Crippen LogP contribution in [0.5, 0.6) is 0 Å². The van der Waals surface area contributed by atoms with E-state index in [1.54, 1.807) is 12.1 Å². The largest absolute Gasteiger partial charge is 0.206 e. The van der Waals surface area contributed by atoms with Crippen molar-refractivity contribution in [3.05, 3.63) is 41.7 Å². The molecule has 0 saturated heterocycles. The summed E-state index contributed by atoms with van der Waals surface area (Å²) in [5, 5.41) is 0. The van der Waals surface area contributed by atoms with Crippen LogP contribution in [0.1, 0.15) is 18.9 Å². The second-order valence-electron chi connectivity index (χ2n) is 3.76. The van der Waals surface area contributed by atoms with Crippen molar-refractivity contribution in [1.29, 1.82) is 0 Å². The third-order valence-electron chi connectivity index (χ3n) is 2.60. The standard InChI is InChI=1S/C12H13F/c1-9-8-11(9)7-6-10-4-2-3-5-12(10)13/h2-7,9,11H,8H2,1H3/b7-6+. The third kappa shape index (κ3) is 1.97. The molecule has 13 heavy (non-hydrogen) atoms. The highest BCUT2D eigenvalue weighted by Gasteiger charge is 2.29. The zero-order valence-corrected chi connectivity index (χ0v) is 7.70. The molecule has 1 aliphatic rings. The topological polar surface area (TPSA) is 0 Å². The summed E-state index contributed by atoms with van der Waals surface area (Å²) in [6.07, 6.45) is 5.26. The molecule has 0 N–H and O–H groups in total. The summed E-state index contributed by atoms with van der Waals surface area (Å²) >= 11 is 0. The quantitative estimate of drug-likeness (QED) is 0.647. The number of allylic oxidation sites excluding steroid dienone is 1. The van der Waals surface area contributed by atoms with Crippen LogP contribution < -0.4 is 0 Å². The Morgan fingerprint density at radius 2 is 2.08 bits per heavy atom. The van der Waals surface area contributed by atoms with Crippen LogP contribution in [0.25, 0.3) is 6.08 Å². The molecule has 0 spiro atoms. The highest BCUT2D eigenvalue weighted by atomic mass is 19.1. The molecular weight excluding hydrogens is 163 g/mol. The lowest BCUT2D eigenvalue weighted by Crippen LogP contribution is -1.79. The molecule has 0 bridgehead atoms. The maximum Gasteiger partial charge on any atom is 0.130 e. The van der Waals surface area contributed by atoms with Gasteiger partial charge in [0.2, 0.25) is 0 Å².